The van der Waals surface area contributed by atoms with Gasteiger partial charge in [0.25, 0.3) is 0 Å². The monoisotopic (exact) mass is 503 g/mol. The third-order valence-electron chi connectivity index (χ3n) is 5.62. The molecule has 0 fully saturated rings. The number of benzene rings is 2. The Morgan fingerprint density at radius 3 is 2.64 bits per heavy atom. The molecule has 0 spiro atoms. The molecule has 1 unspecified atom stereocenters. The van der Waals surface area contributed by atoms with Crippen molar-refractivity contribution in [3.8, 4) is 0 Å². The number of carbonyl (C=O) groups excluding carboxylic acids is 1. The van der Waals surface area contributed by atoms with E-state index in [-0.39, 0.29) is 28.8 Å². The number of halogens is 1. The third kappa shape index (κ3) is 4.01. The minimum absolute atomic E-state index is 0.0125. The van der Waals surface area contributed by atoms with Gasteiger partial charge in [0.15, 0.2) is 0 Å². The van der Waals surface area contributed by atoms with Crippen molar-refractivity contribution in [3.63, 3.8) is 0 Å². The second-order valence-corrected chi connectivity index (χ2v) is 8.20. The molecule has 1 amide bonds. The molecule has 12 heteroatoms. The van der Waals surface area contributed by atoms with Gasteiger partial charge in [-0.2, -0.15) is 4.98 Å². The number of carbonyl (C=O) groups is 1. The van der Waals surface area contributed by atoms with E-state index >= 15 is 0 Å². The maximum absolute atomic E-state index is 12.6. The Hall–Kier alpha value is -4.77. The van der Waals surface area contributed by atoms with Gasteiger partial charge in [-0.15, -0.1) is 0 Å². The SMILES string of the molecule is CC1=C(C(N)=O)C(c2ccccc2Cl)N=C(Nc2nc3cccc([N+](=O)[O-])c3o2)N1c1ccccn1. The number of hydrogen-bond acceptors (Lipinski definition) is 9. The second kappa shape index (κ2) is 9.12. The Morgan fingerprint density at radius 2 is 1.94 bits per heavy atom. The zero-order valence-corrected chi connectivity index (χ0v) is 19.5. The van der Waals surface area contributed by atoms with E-state index in [1.54, 1.807) is 66.6 Å². The summed E-state index contributed by atoms with van der Waals surface area (Å²) in [5.41, 5.74) is 7.14. The van der Waals surface area contributed by atoms with Crippen molar-refractivity contribution in [1.82, 2.24) is 9.97 Å². The number of nitrogens with two attached hydrogens (primary N) is 1. The first-order chi connectivity index (χ1) is 17.3. The molecule has 3 heterocycles. The first-order valence-electron chi connectivity index (χ1n) is 10.7. The number of pyridine rings is 1. The van der Waals surface area contributed by atoms with E-state index < -0.39 is 16.9 Å². The van der Waals surface area contributed by atoms with Crippen molar-refractivity contribution in [2.24, 2.45) is 10.7 Å². The number of nitro benzene ring substituents is 1. The number of aromatic nitrogens is 2. The van der Waals surface area contributed by atoms with E-state index in [4.69, 9.17) is 26.7 Å². The molecule has 0 bridgehead atoms. The lowest BCUT2D eigenvalue weighted by atomic mass is 9.95. The average molecular weight is 504 g/mol. The fourth-order valence-corrected chi connectivity index (χ4v) is 4.28. The number of non-ortho nitro benzene ring substituents is 1. The number of primary amides is 1. The Balaban J connectivity index is 1.67. The van der Waals surface area contributed by atoms with Gasteiger partial charge < -0.3 is 10.2 Å². The molecule has 3 N–H and O–H groups in total. The van der Waals surface area contributed by atoms with Gasteiger partial charge in [-0.1, -0.05) is 41.9 Å². The van der Waals surface area contributed by atoms with Crippen molar-refractivity contribution in [3.05, 3.63) is 98.8 Å². The minimum Gasteiger partial charge on any atom is -0.416 e. The molecule has 36 heavy (non-hydrogen) atoms. The highest BCUT2D eigenvalue weighted by Gasteiger charge is 2.35. The summed E-state index contributed by atoms with van der Waals surface area (Å²) in [7, 11) is 0. The summed E-state index contributed by atoms with van der Waals surface area (Å²) in [5, 5.41) is 14.8. The molecule has 11 nitrogen and oxygen atoms in total. The lowest BCUT2D eigenvalue weighted by Gasteiger charge is -2.33. The molecular weight excluding hydrogens is 486 g/mol. The number of nitro groups is 1. The van der Waals surface area contributed by atoms with Crippen LogP contribution < -0.4 is 16.0 Å². The summed E-state index contributed by atoms with van der Waals surface area (Å²) in [6, 6.07) is 15.8. The minimum atomic E-state index is -0.836. The molecule has 0 saturated carbocycles. The highest BCUT2D eigenvalue weighted by molar-refractivity contribution is 6.31. The topological polar surface area (TPSA) is 153 Å². The Labute approximate surface area is 209 Å². The van der Waals surface area contributed by atoms with Crippen LogP contribution in [-0.4, -0.2) is 26.8 Å². The van der Waals surface area contributed by atoms with Crippen molar-refractivity contribution in [2.45, 2.75) is 13.0 Å². The Morgan fingerprint density at radius 1 is 1.17 bits per heavy atom. The summed E-state index contributed by atoms with van der Waals surface area (Å²) < 4.78 is 5.70. The lowest BCUT2D eigenvalue weighted by Crippen LogP contribution is -2.42. The van der Waals surface area contributed by atoms with E-state index in [0.717, 1.165) is 0 Å². The molecule has 2 aromatic heterocycles. The number of hydrogen-bond donors (Lipinski definition) is 2. The number of allylic oxidation sites excluding steroid dienone is 1. The summed E-state index contributed by atoms with van der Waals surface area (Å²) in [5.74, 6) is -0.0198. The van der Waals surface area contributed by atoms with Gasteiger partial charge in [-0.05, 0) is 31.2 Å². The fourth-order valence-electron chi connectivity index (χ4n) is 4.04. The summed E-state index contributed by atoms with van der Waals surface area (Å²) in [6.07, 6.45) is 1.59. The standard InChI is InChI=1S/C24H18ClN7O4/c1-13-19(22(26)33)20(14-7-2-3-8-15(14)25)29-23(31(13)18-11-4-5-12-27-18)30-24-28-16-9-6-10-17(32(34)35)21(16)36-24/h2-12,20H,1H3,(H2,26,33)(H,28,29,30). The lowest BCUT2D eigenvalue weighted by molar-refractivity contribution is -0.383. The van der Waals surface area contributed by atoms with Gasteiger partial charge in [-0.25, -0.2) is 9.98 Å². The molecule has 180 valence electrons. The number of nitrogens with one attached hydrogen (secondary N) is 1. The number of amides is 1. The molecule has 0 aliphatic carbocycles. The van der Waals surface area contributed by atoms with Gasteiger partial charge in [0.1, 0.15) is 17.4 Å². The molecule has 5 rings (SSSR count). The van der Waals surface area contributed by atoms with Crippen LogP contribution in [0, 0.1) is 10.1 Å². The number of fused-ring (bicyclic) bond motifs is 1. The van der Waals surface area contributed by atoms with Gasteiger partial charge in [0, 0.05) is 28.5 Å². The van der Waals surface area contributed by atoms with Crippen LogP contribution in [0.3, 0.4) is 0 Å². The molecule has 0 radical (unpaired) electrons. The number of anilines is 2. The number of para-hydroxylation sites is 1. The molecular formula is C24H18ClN7O4. The van der Waals surface area contributed by atoms with Crippen LogP contribution in [0.4, 0.5) is 17.5 Å². The molecule has 1 aliphatic rings. The summed E-state index contributed by atoms with van der Waals surface area (Å²) in [4.78, 5) is 38.6. The zero-order valence-electron chi connectivity index (χ0n) is 18.8. The van der Waals surface area contributed by atoms with Crippen LogP contribution in [0.15, 0.2) is 87.5 Å². The number of oxazole rings is 1. The first-order valence-corrected chi connectivity index (χ1v) is 11.1. The maximum atomic E-state index is 12.6. The Kier molecular flexibility index (Phi) is 5.82. The van der Waals surface area contributed by atoms with E-state index in [0.29, 0.717) is 27.6 Å². The second-order valence-electron chi connectivity index (χ2n) is 7.79. The predicted octanol–water partition coefficient (Wildman–Crippen LogP) is 4.57. The van der Waals surface area contributed by atoms with E-state index in [1.165, 1.54) is 12.1 Å². The van der Waals surface area contributed by atoms with Crippen LogP contribution in [0.25, 0.3) is 11.1 Å². The summed E-state index contributed by atoms with van der Waals surface area (Å²) in [6.45, 7) is 1.71. The van der Waals surface area contributed by atoms with Crippen molar-refractivity contribution < 1.29 is 14.1 Å². The van der Waals surface area contributed by atoms with Crippen LogP contribution in [0.1, 0.15) is 18.5 Å². The largest absolute Gasteiger partial charge is 0.416 e. The fraction of sp³-hybridized carbons (Fsp3) is 0.0833. The molecule has 4 aromatic rings. The maximum Gasteiger partial charge on any atom is 0.313 e. The van der Waals surface area contributed by atoms with Crippen molar-refractivity contribution >= 4 is 52.1 Å². The van der Waals surface area contributed by atoms with Gasteiger partial charge in [0.2, 0.25) is 17.4 Å². The van der Waals surface area contributed by atoms with Crippen LogP contribution >= 0.6 is 11.6 Å². The van der Waals surface area contributed by atoms with E-state index in [9.17, 15) is 14.9 Å². The summed E-state index contributed by atoms with van der Waals surface area (Å²) >= 11 is 6.45. The predicted molar refractivity (Wildman–Crippen MR) is 135 cm³/mol. The van der Waals surface area contributed by atoms with Crippen molar-refractivity contribution in [1.29, 1.82) is 0 Å². The smallest absolute Gasteiger partial charge is 0.313 e. The van der Waals surface area contributed by atoms with Crippen LogP contribution in [0.2, 0.25) is 5.02 Å². The Bertz CT molecular complexity index is 1570. The highest BCUT2D eigenvalue weighted by atomic mass is 35.5. The van der Waals surface area contributed by atoms with Crippen LogP contribution in [0.5, 0.6) is 0 Å². The highest BCUT2D eigenvalue weighted by Crippen LogP contribution is 2.38. The number of rotatable bonds is 5. The van der Waals surface area contributed by atoms with Gasteiger partial charge in [0.05, 0.1) is 10.5 Å². The molecule has 0 saturated heterocycles. The quantitative estimate of drug-likeness (QED) is 0.296. The molecule has 1 aliphatic heterocycles. The van der Waals surface area contributed by atoms with Gasteiger partial charge >= 0.3 is 11.7 Å². The van der Waals surface area contributed by atoms with Gasteiger partial charge in [-0.3, -0.25) is 25.1 Å². The van der Waals surface area contributed by atoms with Crippen LogP contribution in [-0.2, 0) is 4.79 Å². The number of guanidine groups is 1. The molecule has 1 atom stereocenters. The first kappa shape index (κ1) is 23.0. The normalized spacial score (nSPS) is 15.7. The number of nitrogens with zero attached hydrogens (tertiary/aromatic N) is 5. The molecule has 2 aromatic carbocycles. The van der Waals surface area contributed by atoms with Crippen molar-refractivity contribution in [2.75, 3.05) is 10.2 Å². The van der Waals surface area contributed by atoms with E-state index in [2.05, 4.69) is 15.3 Å². The number of aliphatic imine (C=N–C) groups is 1. The average Bonchev–Trinajstić information content (AvgIpc) is 3.26. The van der Waals surface area contributed by atoms with E-state index in [1.807, 2.05) is 0 Å². The third-order valence-corrected chi connectivity index (χ3v) is 5.96. The zero-order chi connectivity index (χ0) is 25.4.